The van der Waals surface area contributed by atoms with Gasteiger partial charge in [-0.25, -0.2) is 4.98 Å². The molecule has 0 unspecified atom stereocenters. The number of carbonyl (C=O) groups is 1. The number of nitrogens with one attached hydrogen (secondary N) is 1. The van der Waals surface area contributed by atoms with Crippen molar-refractivity contribution in [1.82, 2.24) is 4.98 Å². The predicted octanol–water partition coefficient (Wildman–Crippen LogP) is 3.15. The number of aromatic nitrogens is 1. The maximum absolute atomic E-state index is 12.0. The van der Waals surface area contributed by atoms with E-state index in [9.17, 15) is 4.79 Å². The lowest BCUT2D eigenvalue weighted by molar-refractivity contribution is 0.102. The van der Waals surface area contributed by atoms with E-state index in [0.29, 0.717) is 23.2 Å². The number of thiazole rings is 1. The predicted molar refractivity (Wildman–Crippen MR) is 83.6 cm³/mol. The first-order valence-corrected chi connectivity index (χ1v) is 7.20. The van der Waals surface area contributed by atoms with Crippen molar-refractivity contribution in [1.29, 1.82) is 0 Å². The van der Waals surface area contributed by atoms with E-state index < -0.39 is 0 Å². The Morgan fingerprint density at radius 3 is 2.65 bits per heavy atom. The van der Waals surface area contributed by atoms with Crippen molar-refractivity contribution in [2.45, 2.75) is 25.3 Å². The maximum atomic E-state index is 12.0. The Kier molecular flexibility index (Phi) is 4.75. The summed E-state index contributed by atoms with van der Waals surface area (Å²) < 4.78 is 0. The average molecular weight is 310 g/mol. The number of hydrogen-bond acceptors (Lipinski definition) is 4. The Morgan fingerprint density at radius 2 is 2.05 bits per heavy atom. The second kappa shape index (κ2) is 6.35. The molecule has 1 amide bonds. The van der Waals surface area contributed by atoms with Gasteiger partial charge >= 0.3 is 0 Å². The number of halogens is 1. The minimum atomic E-state index is -0.125. The Balaban J connectivity index is 0.00000147. The zero-order chi connectivity index (χ0) is 13.2. The lowest BCUT2D eigenvalue weighted by atomic mass is 10.1. The maximum Gasteiger partial charge on any atom is 0.257 e. The van der Waals surface area contributed by atoms with Crippen LogP contribution in [-0.4, -0.2) is 10.9 Å². The summed E-state index contributed by atoms with van der Waals surface area (Å²) in [5.41, 5.74) is 8.28. The fraction of sp³-hybridized carbons (Fsp3) is 0.286. The Morgan fingerprint density at radius 1 is 1.35 bits per heavy atom. The van der Waals surface area contributed by atoms with Crippen molar-refractivity contribution >= 4 is 34.8 Å². The third-order valence-corrected chi connectivity index (χ3v) is 3.97. The molecule has 1 saturated carbocycles. The van der Waals surface area contributed by atoms with Gasteiger partial charge in [0.1, 0.15) is 0 Å². The van der Waals surface area contributed by atoms with Gasteiger partial charge in [0.05, 0.1) is 5.69 Å². The smallest absolute Gasteiger partial charge is 0.257 e. The summed E-state index contributed by atoms with van der Waals surface area (Å²) in [6, 6.07) is 7.30. The van der Waals surface area contributed by atoms with E-state index in [2.05, 4.69) is 10.3 Å². The van der Waals surface area contributed by atoms with Gasteiger partial charge in [-0.05, 0) is 30.5 Å². The third kappa shape index (κ3) is 3.36. The van der Waals surface area contributed by atoms with Crippen LogP contribution in [0.1, 0.15) is 40.4 Å². The van der Waals surface area contributed by atoms with Gasteiger partial charge in [0.15, 0.2) is 5.13 Å². The second-order valence-electron chi connectivity index (χ2n) is 4.71. The van der Waals surface area contributed by atoms with E-state index in [-0.39, 0.29) is 18.3 Å². The van der Waals surface area contributed by atoms with E-state index in [1.807, 2.05) is 17.5 Å². The third-order valence-electron chi connectivity index (χ3n) is 3.19. The lowest BCUT2D eigenvalue weighted by Gasteiger charge is -2.02. The van der Waals surface area contributed by atoms with Crippen molar-refractivity contribution < 1.29 is 4.79 Å². The summed E-state index contributed by atoms with van der Waals surface area (Å²) in [5, 5.41) is 5.54. The van der Waals surface area contributed by atoms with Crippen molar-refractivity contribution in [3.63, 3.8) is 0 Å². The normalized spacial score (nSPS) is 13.7. The van der Waals surface area contributed by atoms with Gasteiger partial charge in [-0.2, -0.15) is 0 Å². The Bertz CT molecular complexity index is 593. The molecule has 4 nitrogen and oxygen atoms in total. The summed E-state index contributed by atoms with van der Waals surface area (Å²) in [5.74, 6) is 0.492. The molecule has 1 aliphatic carbocycles. The summed E-state index contributed by atoms with van der Waals surface area (Å²) in [4.78, 5) is 16.5. The molecule has 0 atom stereocenters. The molecule has 0 saturated heterocycles. The Hall–Kier alpha value is -1.43. The molecule has 1 aromatic carbocycles. The fourth-order valence-corrected chi connectivity index (χ4v) is 2.66. The molecule has 1 aromatic heterocycles. The van der Waals surface area contributed by atoms with Crippen LogP contribution in [0.5, 0.6) is 0 Å². The van der Waals surface area contributed by atoms with Gasteiger partial charge in [-0.15, -0.1) is 23.7 Å². The SMILES string of the molecule is Cl.NCc1ccc(C(=O)Nc2nc(C3CC3)cs2)cc1. The van der Waals surface area contributed by atoms with Gasteiger partial charge < -0.3 is 5.73 Å². The minimum absolute atomic E-state index is 0. The molecule has 6 heteroatoms. The highest BCUT2D eigenvalue weighted by Gasteiger charge is 2.26. The molecule has 1 fully saturated rings. The number of carbonyl (C=O) groups excluding carboxylic acids is 1. The van der Waals surface area contributed by atoms with E-state index >= 15 is 0 Å². The van der Waals surface area contributed by atoms with Crippen LogP contribution >= 0.6 is 23.7 Å². The number of nitrogens with zero attached hydrogens (tertiary/aromatic N) is 1. The van der Waals surface area contributed by atoms with Crippen molar-refractivity contribution in [3.05, 3.63) is 46.5 Å². The number of hydrogen-bond donors (Lipinski definition) is 2. The fourth-order valence-electron chi connectivity index (χ4n) is 1.87. The number of anilines is 1. The first-order valence-electron chi connectivity index (χ1n) is 6.32. The monoisotopic (exact) mass is 309 g/mol. The summed E-state index contributed by atoms with van der Waals surface area (Å²) in [6.07, 6.45) is 2.44. The first-order chi connectivity index (χ1) is 9.26. The summed E-state index contributed by atoms with van der Waals surface area (Å²) in [6.45, 7) is 0.485. The van der Waals surface area contributed by atoms with Crippen molar-refractivity contribution in [2.24, 2.45) is 5.73 Å². The minimum Gasteiger partial charge on any atom is -0.326 e. The molecule has 1 heterocycles. The van der Waals surface area contributed by atoms with Crippen LogP contribution in [0, 0.1) is 0 Å². The quantitative estimate of drug-likeness (QED) is 0.911. The van der Waals surface area contributed by atoms with Crippen LogP contribution in [0.15, 0.2) is 29.6 Å². The van der Waals surface area contributed by atoms with Gasteiger partial charge in [-0.3, -0.25) is 10.1 Å². The molecule has 0 spiro atoms. The van der Waals surface area contributed by atoms with E-state index in [1.165, 1.54) is 24.2 Å². The zero-order valence-electron chi connectivity index (χ0n) is 10.8. The van der Waals surface area contributed by atoms with Crippen LogP contribution in [-0.2, 0) is 6.54 Å². The van der Waals surface area contributed by atoms with Crippen LogP contribution in [0.25, 0.3) is 0 Å². The Labute approximate surface area is 127 Å². The second-order valence-corrected chi connectivity index (χ2v) is 5.57. The zero-order valence-corrected chi connectivity index (χ0v) is 12.5. The van der Waals surface area contributed by atoms with Gasteiger partial charge in [0.25, 0.3) is 5.91 Å². The number of rotatable bonds is 4. The molecular weight excluding hydrogens is 294 g/mol. The standard InChI is InChI=1S/C14H15N3OS.ClH/c15-7-9-1-3-11(4-2-9)13(18)17-14-16-12(8-19-14)10-5-6-10;/h1-4,8,10H,5-7,15H2,(H,16,17,18);1H. The first kappa shape index (κ1) is 15.0. The van der Waals surface area contributed by atoms with Gasteiger partial charge in [0.2, 0.25) is 0 Å². The number of amides is 1. The van der Waals surface area contributed by atoms with E-state index in [1.54, 1.807) is 12.1 Å². The number of benzene rings is 1. The molecule has 3 rings (SSSR count). The summed E-state index contributed by atoms with van der Waals surface area (Å²) >= 11 is 1.49. The largest absolute Gasteiger partial charge is 0.326 e. The molecule has 3 N–H and O–H groups in total. The molecule has 0 aliphatic heterocycles. The number of nitrogens with two attached hydrogens (primary N) is 1. The van der Waals surface area contributed by atoms with Crippen LogP contribution < -0.4 is 11.1 Å². The molecule has 1 aliphatic rings. The lowest BCUT2D eigenvalue weighted by Crippen LogP contribution is -2.11. The highest BCUT2D eigenvalue weighted by Crippen LogP contribution is 2.40. The molecule has 2 aromatic rings. The average Bonchev–Trinajstić information content (AvgIpc) is 3.20. The topological polar surface area (TPSA) is 68.0 Å². The van der Waals surface area contributed by atoms with Crippen molar-refractivity contribution in [3.8, 4) is 0 Å². The van der Waals surface area contributed by atoms with Crippen LogP contribution in [0.2, 0.25) is 0 Å². The van der Waals surface area contributed by atoms with Gasteiger partial charge in [-0.1, -0.05) is 12.1 Å². The van der Waals surface area contributed by atoms with E-state index in [4.69, 9.17) is 5.73 Å². The van der Waals surface area contributed by atoms with Crippen LogP contribution in [0.3, 0.4) is 0 Å². The molecular formula is C14H16ClN3OS. The molecule has 0 radical (unpaired) electrons. The van der Waals surface area contributed by atoms with Crippen molar-refractivity contribution in [2.75, 3.05) is 5.32 Å². The highest BCUT2D eigenvalue weighted by atomic mass is 35.5. The van der Waals surface area contributed by atoms with Crippen LogP contribution in [0.4, 0.5) is 5.13 Å². The highest BCUT2D eigenvalue weighted by molar-refractivity contribution is 7.14. The molecule has 20 heavy (non-hydrogen) atoms. The summed E-state index contributed by atoms with van der Waals surface area (Å²) in [7, 11) is 0. The molecule has 106 valence electrons. The van der Waals surface area contributed by atoms with Gasteiger partial charge in [0, 0.05) is 23.4 Å². The van der Waals surface area contributed by atoms with E-state index in [0.717, 1.165) is 11.3 Å². The molecule has 0 bridgehead atoms.